The predicted molar refractivity (Wildman–Crippen MR) is 126 cm³/mol. The Morgan fingerprint density at radius 2 is 1.75 bits per heavy atom. The van der Waals surface area contributed by atoms with E-state index in [9.17, 15) is 14.4 Å². The first-order valence-electron chi connectivity index (χ1n) is 11.4. The van der Waals surface area contributed by atoms with Crippen molar-refractivity contribution in [2.75, 3.05) is 36.5 Å². The highest BCUT2D eigenvalue weighted by Crippen LogP contribution is 2.34. The molecule has 0 unspecified atom stereocenters. The molecule has 176 valence electrons. The Bertz CT molecular complexity index is 1030. The Morgan fingerprint density at radius 3 is 2.34 bits per heavy atom. The number of hydrogen-bond donors (Lipinski definition) is 2. The number of aromatic nitrogens is 2. The maximum absolute atomic E-state index is 12.6. The average molecular weight is 446 g/mol. The fourth-order valence-electron chi connectivity index (χ4n) is 4.15. The SMILES string of the molecule is CCOC(=O)C1CCN(c2cc3c(cc2NC(=O)NCCC(C)C)n(C)c(=O)n3C)CC1. The van der Waals surface area contributed by atoms with E-state index in [2.05, 4.69) is 29.4 Å². The molecule has 9 nitrogen and oxygen atoms in total. The Balaban J connectivity index is 1.87. The third kappa shape index (κ3) is 5.08. The zero-order valence-corrected chi connectivity index (χ0v) is 19.7. The Labute approximate surface area is 188 Å². The Hall–Kier alpha value is -2.97. The molecule has 0 bridgehead atoms. The number of hydrogen-bond acceptors (Lipinski definition) is 5. The lowest BCUT2D eigenvalue weighted by Crippen LogP contribution is -2.38. The molecule has 1 saturated heterocycles. The number of anilines is 2. The second kappa shape index (κ2) is 10.1. The summed E-state index contributed by atoms with van der Waals surface area (Å²) in [5.41, 5.74) is 2.92. The molecule has 0 saturated carbocycles. The number of carbonyl (C=O) groups excluding carboxylic acids is 2. The van der Waals surface area contributed by atoms with Crippen molar-refractivity contribution in [2.24, 2.45) is 25.9 Å². The smallest absolute Gasteiger partial charge is 0.328 e. The number of rotatable bonds is 7. The van der Waals surface area contributed by atoms with E-state index < -0.39 is 0 Å². The first-order valence-corrected chi connectivity index (χ1v) is 11.4. The molecule has 1 aliphatic heterocycles. The van der Waals surface area contributed by atoms with Gasteiger partial charge in [0.15, 0.2) is 0 Å². The van der Waals surface area contributed by atoms with Gasteiger partial charge in [-0.1, -0.05) is 13.8 Å². The van der Waals surface area contributed by atoms with Gasteiger partial charge in [0.1, 0.15) is 0 Å². The number of imidazole rings is 1. The molecule has 2 N–H and O–H groups in total. The summed E-state index contributed by atoms with van der Waals surface area (Å²) in [6.07, 6.45) is 2.27. The molecule has 32 heavy (non-hydrogen) atoms. The van der Waals surface area contributed by atoms with E-state index in [-0.39, 0.29) is 23.6 Å². The normalized spacial score (nSPS) is 14.8. The Kier molecular flexibility index (Phi) is 7.48. The van der Waals surface area contributed by atoms with E-state index in [1.165, 1.54) is 0 Å². The van der Waals surface area contributed by atoms with Crippen LogP contribution in [0.1, 0.15) is 40.0 Å². The highest BCUT2D eigenvalue weighted by atomic mass is 16.5. The minimum atomic E-state index is -0.270. The van der Waals surface area contributed by atoms with Crippen LogP contribution in [0.15, 0.2) is 16.9 Å². The summed E-state index contributed by atoms with van der Waals surface area (Å²) >= 11 is 0. The van der Waals surface area contributed by atoms with Crippen LogP contribution in [0, 0.1) is 11.8 Å². The first-order chi connectivity index (χ1) is 15.2. The molecule has 2 heterocycles. The van der Waals surface area contributed by atoms with Crippen molar-refractivity contribution in [3.63, 3.8) is 0 Å². The minimum Gasteiger partial charge on any atom is -0.466 e. The molecule has 2 amide bonds. The van der Waals surface area contributed by atoms with Crippen molar-refractivity contribution >= 4 is 34.4 Å². The number of nitrogens with zero attached hydrogens (tertiary/aromatic N) is 3. The van der Waals surface area contributed by atoms with Gasteiger partial charge in [-0.05, 0) is 44.2 Å². The summed E-state index contributed by atoms with van der Waals surface area (Å²) < 4.78 is 8.36. The number of carbonyl (C=O) groups is 2. The molecule has 3 rings (SSSR count). The van der Waals surface area contributed by atoms with Gasteiger partial charge in [0, 0.05) is 33.7 Å². The fraction of sp³-hybridized carbons (Fsp3) is 0.609. The molecule has 0 spiro atoms. The summed E-state index contributed by atoms with van der Waals surface area (Å²) in [5, 5.41) is 5.88. The van der Waals surface area contributed by atoms with Crippen LogP contribution < -0.4 is 21.2 Å². The molecule has 0 radical (unpaired) electrons. The highest BCUT2D eigenvalue weighted by Gasteiger charge is 2.28. The molecule has 1 aliphatic rings. The number of amides is 2. The number of nitrogens with one attached hydrogen (secondary N) is 2. The zero-order chi connectivity index (χ0) is 23.4. The van der Waals surface area contributed by atoms with Crippen molar-refractivity contribution in [2.45, 2.75) is 40.0 Å². The number of ether oxygens (including phenoxy) is 1. The van der Waals surface area contributed by atoms with Crippen molar-refractivity contribution in [1.82, 2.24) is 14.5 Å². The summed E-state index contributed by atoms with van der Waals surface area (Å²) in [6, 6.07) is 3.53. The fourth-order valence-corrected chi connectivity index (χ4v) is 4.15. The third-order valence-corrected chi connectivity index (χ3v) is 6.10. The van der Waals surface area contributed by atoms with Gasteiger partial charge in [-0.15, -0.1) is 0 Å². The number of esters is 1. The van der Waals surface area contributed by atoms with Gasteiger partial charge < -0.3 is 20.3 Å². The lowest BCUT2D eigenvalue weighted by Gasteiger charge is -2.34. The molecular weight excluding hydrogens is 410 g/mol. The van der Waals surface area contributed by atoms with E-state index >= 15 is 0 Å². The molecule has 0 aliphatic carbocycles. The van der Waals surface area contributed by atoms with Crippen LogP contribution in [0.4, 0.5) is 16.2 Å². The highest BCUT2D eigenvalue weighted by molar-refractivity contribution is 5.98. The lowest BCUT2D eigenvalue weighted by atomic mass is 9.96. The number of fused-ring (bicyclic) bond motifs is 1. The zero-order valence-electron chi connectivity index (χ0n) is 19.7. The third-order valence-electron chi connectivity index (χ3n) is 6.10. The lowest BCUT2D eigenvalue weighted by molar-refractivity contribution is -0.148. The largest absolute Gasteiger partial charge is 0.466 e. The predicted octanol–water partition coefficient (Wildman–Crippen LogP) is 2.82. The van der Waals surface area contributed by atoms with Gasteiger partial charge >= 0.3 is 17.7 Å². The topological polar surface area (TPSA) is 97.6 Å². The van der Waals surface area contributed by atoms with Gasteiger partial charge in [-0.25, -0.2) is 9.59 Å². The number of piperidine rings is 1. The van der Waals surface area contributed by atoms with Crippen molar-refractivity contribution in [3.8, 4) is 0 Å². The van der Waals surface area contributed by atoms with Crippen LogP contribution in [0.2, 0.25) is 0 Å². The van der Waals surface area contributed by atoms with E-state index in [0.717, 1.165) is 23.1 Å². The van der Waals surface area contributed by atoms with Crippen LogP contribution in [0.3, 0.4) is 0 Å². The van der Waals surface area contributed by atoms with Crippen LogP contribution in [0.25, 0.3) is 11.0 Å². The van der Waals surface area contributed by atoms with Gasteiger partial charge in [0.05, 0.1) is 34.9 Å². The number of urea groups is 1. The van der Waals surface area contributed by atoms with Crippen LogP contribution in [0.5, 0.6) is 0 Å². The quantitative estimate of drug-likeness (QED) is 0.639. The van der Waals surface area contributed by atoms with E-state index in [1.807, 2.05) is 19.1 Å². The maximum atomic E-state index is 12.6. The molecule has 0 atom stereocenters. The molecule has 2 aromatic rings. The molecule has 1 fully saturated rings. The van der Waals surface area contributed by atoms with Gasteiger partial charge in [0.25, 0.3) is 0 Å². The average Bonchev–Trinajstić information content (AvgIpc) is 2.97. The van der Waals surface area contributed by atoms with Crippen molar-refractivity contribution < 1.29 is 14.3 Å². The van der Waals surface area contributed by atoms with E-state index in [4.69, 9.17) is 4.74 Å². The van der Waals surface area contributed by atoms with Crippen LogP contribution in [-0.2, 0) is 23.6 Å². The molecule has 1 aromatic carbocycles. The van der Waals surface area contributed by atoms with Gasteiger partial charge in [-0.3, -0.25) is 13.9 Å². The maximum Gasteiger partial charge on any atom is 0.328 e. The number of benzene rings is 1. The second-order valence-corrected chi connectivity index (χ2v) is 8.84. The molecular formula is C23H35N5O4. The molecule has 9 heteroatoms. The second-order valence-electron chi connectivity index (χ2n) is 8.84. The van der Waals surface area contributed by atoms with Gasteiger partial charge in [0.2, 0.25) is 0 Å². The van der Waals surface area contributed by atoms with Crippen LogP contribution in [-0.4, -0.2) is 47.4 Å². The van der Waals surface area contributed by atoms with E-state index in [1.54, 1.807) is 23.2 Å². The first kappa shape index (κ1) is 23.7. The van der Waals surface area contributed by atoms with Crippen molar-refractivity contribution in [1.29, 1.82) is 0 Å². The monoisotopic (exact) mass is 445 g/mol. The summed E-state index contributed by atoms with van der Waals surface area (Å²) in [7, 11) is 3.47. The Morgan fingerprint density at radius 1 is 1.12 bits per heavy atom. The van der Waals surface area contributed by atoms with E-state index in [0.29, 0.717) is 50.7 Å². The summed E-state index contributed by atoms with van der Waals surface area (Å²) in [5.74, 6) is 0.254. The molecule has 1 aromatic heterocycles. The summed E-state index contributed by atoms with van der Waals surface area (Å²) in [6.45, 7) is 8.35. The summed E-state index contributed by atoms with van der Waals surface area (Å²) in [4.78, 5) is 39.3. The standard InChI is InChI=1S/C23H35N5O4/c1-6-32-21(29)16-8-11-28(12-9-16)18-14-20-19(26(4)23(31)27(20)5)13-17(18)25-22(30)24-10-7-15(2)3/h13-16H,6-12H2,1-5H3,(H2,24,25,30). The minimum absolute atomic E-state index is 0.105. The number of aryl methyl sites for hydroxylation is 2. The van der Waals surface area contributed by atoms with Crippen LogP contribution >= 0.6 is 0 Å². The van der Waals surface area contributed by atoms with Crippen molar-refractivity contribution in [3.05, 3.63) is 22.6 Å². The van der Waals surface area contributed by atoms with Gasteiger partial charge in [-0.2, -0.15) is 0 Å².